The van der Waals surface area contributed by atoms with Crippen LogP contribution in [0.4, 0.5) is 29.3 Å². The molecule has 3 aromatic carbocycles. The lowest BCUT2D eigenvalue weighted by Gasteiger charge is -2.20. The molecular weight excluding hydrogens is 594 g/mol. The van der Waals surface area contributed by atoms with Crippen molar-refractivity contribution in [1.82, 2.24) is 15.3 Å². The number of carboxylic acid groups (broad SMARTS) is 1. The standard InChI is InChI=1S/C30H32FN5O2.C2HF3O2/c1-21-17-28(36-30(34-21)32-16-15-24-12-6-7-14-27(24)38-2)35-26(19-22-9-4-3-5-10-22)29(37)33-20-23-11-8-13-25(31)18-23;3-2(4,5)1(6)7/h3-14,17-18,26H,15-16,19-20H2,1-2H3,(H,33,37)(H2,32,34,35,36);(H,6,7)/t26-;/m0./s1. The molecule has 1 atom stereocenters. The molecule has 1 amide bonds. The Morgan fingerprint density at radius 3 is 2.27 bits per heavy atom. The van der Waals surface area contributed by atoms with Crippen molar-refractivity contribution in [3.63, 3.8) is 0 Å². The number of rotatable bonds is 12. The highest BCUT2D eigenvalue weighted by molar-refractivity contribution is 5.84. The number of aryl methyl sites for hydroxylation is 1. The second kappa shape index (κ2) is 16.6. The van der Waals surface area contributed by atoms with Crippen molar-refractivity contribution in [1.29, 1.82) is 0 Å². The maximum Gasteiger partial charge on any atom is 0.490 e. The number of hydrogen-bond donors (Lipinski definition) is 4. The summed E-state index contributed by atoms with van der Waals surface area (Å²) in [6, 6.07) is 25.1. The number of para-hydroxylation sites is 1. The van der Waals surface area contributed by atoms with E-state index in [-0.39, 0.29) is 18.3 Å². The summed E-state index contributed by atoms with van der Waals surface area (Å²) in [6.07, 6.45) is -3.89. The molecule has 0 fully saturated rings. The van der Waals surface area contributed by atoms with Crippen molar-refractivity contribution in [2.75, 3.05) is 24.3 Å². The fourth-order valence-electron chi connectivity index (χ4n) is 4.14. The van der Waals surface area contributed by atoms with Crippen LogP contribution in [0.2, 0.25) is 0 Å². The Bertz CT molecular complexity index is 1550. The fourth-order valence-corrected chi connectivity index (χ4v) is 4.14. The Kier molecular flexibility index (Phi) is 12.6. The number of aliphatic carboxylic acids is 1. The fraction of sp³-hybridized carbons (Fsp3) is 0.250. The topological polar surface area (TPSA) is 125 Å². The van der Waals surface area contributed by atoms with Crippen LogP contribution >= 0.6 is 0 Å². The van der Waals surface area contributed by atoms with Crippen molar-refractivity contribution in [3.05, 3.63) is 113 Å². The van der Waals surface area contributed by atoms with Crippen molar-refractivity contribution in [2.24, 2.45) is 0 Å². The van der Waals surface area contributed by atoms with Crippen LogP contribution in [0.1, 0.15) is 22.4 Å². The second-order valence-electron chi connectivity index (χ2n) is 9.74. The molecule has 0 unspecified atom stereocenters. The van der Waals surface area contributed by atoms with Gasteiger partial charge in [0, 0.05) is 31.3 Å². The first-order valence-electron chi connectivity index (χ1n) is 13.8. The normalized spacial score (nSPS) is 11.4. The van der Waals surface area contributed by atoms with Gasteiger partial charge in [-0.3, -0.25) is 4.79 Å². The predicted octanol–water partition coefficient (Wildman–Crippen LogP) is 5.56. The van der Waals surface area contributed by atoms with Crippen LogP contribution in [0, 0.1) is 12.7 Å². The van der Waals surface area contributed by atoms with E-state index in [1.807, 2.05) is 67.6 Å². The summed E-state index contributed by atoms with van der Waals surface area (Å²) in [4.78, 5) is 31.2. The number of hydrogen-bond acceptors (Lipinski definition) is 7. The number of benzene rings is 3. The summed E-state index contributed by atoms with van der Waals surface area (Å²) in [5, 5.41) is 16.6. The molecule has 13 heteroatoms. The Morgan fingerprint density at radius 2 is 1.60 bits per heavy atom. The molecule has 0 spiro atoms. The quantitative estimate of drug-likeness (QED) is 0.151. The highest BCUT2D eigenvalue weighted by Crippen LogP contribution is 2.19. The molecule has 4 aromatic rings. The zero-order valence-corrected chi connectivity index (χ0v) is 24.6. The smallest absolute Gasteiger partial charge is 0.490 e. The molecule has 1 heterocycles. The van der Waals surface area contributed by atoms with Crippen molar-refractivity contribution >= 4 is 23.6 Å². The Labute approximate surface area is 257 Å². The molecule has 0 radical (unpaired) electrons. The highest BCUT2D eigenvalue weighted by atomic mass is 19.4. The summed E-state index contributed by atoms with van der Waals surface area (Å²) in [5.41, 5.74) is 3.55. The second-order valence-corrected chi connectivity index (χ2v) is 9.74. The number of nitrogens with one attached hydrogen (secondary N) is 3. The molecule has 0 bridgehead atoms. The van der Waals surface area contributed by atoms with Crippen LogP contribution in [-0.2, 0) is 29.0 Å². The van der Waals surface area contributed by atoms with E-state index in [0.717, 1.165) is 29.0 Å². The molecule has 4 rings (SSSR count). The summed E-state index contributed by atoms with van der Waals surface area (Å²) >= 11 is 0. The number of aromatic nitrogens is 2. The maximum absolute atomic E-state index is 13.6. The minimum absolute atomic E-state index is 0.208. The summed E-state index contributed by atoms with van der Waals surface area (Å²) < 4.78 is 50.7. The molecule has 0 saturated carbocycles. The number of carbonyl (C=O) groups is 2. The Hall–Kier alpha value is -5.20. The third-order valence-electron chi connectivity index (χ3n) is 6.24. The van der Waals surface area contributed by atoms with Gasteiger partial charge in [-0.2, -0.15) is 18.2 Å². The van der Waals surface area contributed by atoms with Gasteiger partial charge in [-0.15, -0.1) is 0 Å². The van der Waals surface area contributed by atoms with E-state index in [2.05, 4.69) is 25.9 Å². The van der Waals surface area contributed by atoms with E-state index >= 15 is 0 Å². The van der Waals surface area contributed by atoms with E-state index in [1.54, 1.807) is 19.2 Å². The zero-order chi connectivity index (χ0) is 32.8. The lowest BCUT2D eigenvalue weighted by Crippen LogP contribution is -2.41. The summed E-state index contributed by atoms with van der Waals surface area (Å²) in [5.74, 6) is -1.44. The van der Waals surface area contributed by atoms with Crippen molar-refractivity contribution in [3.8, 4) is 5.75 Å². The summed E-state index contributed by atoms with van der Waals surface area (Å²) in [6.45, 7) is 2.72. The molecule has 238 valence electrons. The largest absolute Gasteiger partial charge is 0.496 e. The maximum atomic E-state index is 13.6. The van der Waals surface area contributed by atoms with Gasteiger partial charge >= 0.3 is 12.1 Å². The third kappa shape index (κ3) is 11.8. The minimum Gasteiger partial charge on any atom is -0.496 e. The first-order chi connectivity index (χ1) is 21.4. The van der Waals surface area contributed by atoms with Crippen LogP contribution in [0.3, 0.4) is 0 Å². The van der Waals surface area contributed by atoms with Crippen LogP contribution in [0.15, 0.2) is 84.9 Å². The number of ether oxygens (including phenoxy) is 1. The number of anilines is 2. The van der Waals surface area contributed by atoms with Gasteiger partial charge in [0.15, 0.2) is 0 Å². The van der Waals surface area contributed by atoms with Crippen LogP contribution < -0.4 is 20.7 Å². The number of methoxy groups -OCH3 is 1. The van der Waals surface area contributed by atoms with E-state index in [9.17, 15) is 22.4 Å². The van der Waals surface area contributed by atoms with E-state index in [4.69, 9.17) is 14.6 Å². The molecule has 0 aliphatic rings. The highest BCUT2D eigenvalue weighted by Gasteiger charge is 2.38. The molecule has 4 N–H and O–H groups in total. The lowest BCUT2D eigenvalue weighted by atomic mass is 10.0. The summed E-state index contributed by atoms with van der Waals surface area (Å²) in [7, 11) is 1.66. The van der Waals surface area contributed by atoms with E-state index in [0.29, 0.717) is 30.3 Å². The Balaban J connectivity index is 0.000000707. The van der Waals surface area contributed by atoms with Gasteiger partial charge < -0.3 is 25.8 Å². The lowest BCUT2D eigenvalue weighted by molar-refractivity contribution is -0.192. The molecule has 0 aliphatic heterocycles. The van der Waals surface area contributed by atoms with Crippen molar-refractivity contribution in [2.45, 2.75) is 38.5 Å². The first-order valence-corrected chi connectivity index (χ1v) is 13.8. The van der Waals surface area contributed by atoms with Gasteiger partial charge in [0.05, 0.1) is 7.11 Å². The van der Waals surface area contributed by atoms with Gasteiger partial charge in [-0.05, 0) is 48.2 Å². The monoisotopic (exact) mass is 627 g/mol. The number of amides is 1. The average molecular weight is 628 g/mol. The van der Waals surface area contributed by atoms with Gasteiger partial charge in [0.2, 0.25) is 11.9 Å². The predicted molar refractivity (Wildman–Crippen MR) is 161 cm³/mol. The molecular formula is C32H33F4N5O4. The molecule has 9 nitrogen and oxygen atoms in total. The Morgan fingerprint density at radius 1 is 0.933 bits per heavy atom. The van der Waals surface area contributed by atoms with Gasteiger partial charge in [-0.25, -0.2) is 14.2 Å². The minimum atomic E-state index is -5.08. The van der Waals surface area contributed by atoms with Gasteiger partial charge in [0.25, 0.3) is 0 Å². The zero-order valence-electron chi connectivity index (χ0n) is 24.6. The average Bonchev–Trinajstić information content (AvgIpc) is 3.00. The van der Waals surface area contributed by atoms with Gasteiger partial charge in [-0.1, -0.05) is 60.7 Å². The third-order valence-corrected chi connectivity index (χ3v) is 6.24. The van der Waals surface area contributed by atoms with E-state index < -0.39 is 18.2 Å². The van der Waals surface area contributed by atoms with Gasteiger partial charge in [0.1, 0.15) is 23.4 Å². The number of carboxylic acids is 1. The number of halogens is 4. The molecule has 0 aliphatic carbocycles. The molecule has 1 aromatic heterocycles. The number of nitrogens with zero attached hydrogens (tertiary/aromatic N) is 2. The number of alkyl halides is 3. The van der Waals surface area contributed by atoms with Crippen LogP contribution in [0.5, 0.6) is 5.75 Å². The molecule has 0 saturated heterocycles. The number of carbonyl (C=O) groups excluding carboxylic acids is 1. The van der Waals surface area contributed by atoms with E-state index in [1.165, 1.54) is 12.1 Å². The molecule has 45 heavy (non-hydrogen) atoms. The SMILES string of the molecule is COc1ccccc1CCNc1nc(C)cc(N[C@@H](Cc2ccccc2)C(=O)NCc2cccc(F)c2)n1.O=C(O)C(F)(F)F. The van der Waals surface area contributed by atoms with Crippen LogP contribution in [0.25, 0.3) is 0 Å². The first kappa shape index (κ1) is 34.3. The van der Waals surface area contributed by atoms with Crippen molar-refractivity contribution < 1.29 is 37.0 Å². The van der Waals surface area contributed by atoms with Crippen LogP contribution in [-0.4, -0.2) is 52.8 Å².